The summed E-state index contributed by atoms with van der Waals surface area (Å²) in [6.07, 6.45) is 1.33. The molecule has 25 heavy (non-hydrogen) atoms. The Balaban J connectivity index is 1.92. The van der Waals surface area contributed by atoms with Crippen LogP contribution >= 0.6 is 15.9 Å². The molecule has 0 radical (unpaired) electrons. The molecule has 7 nitrogen and oxygen atoms in total. The number of benzene rings is 2. The van der Waals surface area contributed by atoms with Crippen molar-refractivity contribution >= 4 is 33.7 Å². The van der Waals surface area contributed by atoms with E-state index >= 15 is 0 Å². The minimum absolute atomic E-state index is 0.00260. The fourth-order valence-electron chi connectivity index (χ4n) is 1.84. The van der Waals surface area contributed by atoms with Crippen molar-refractivity contribution < 1.29 is 18.8 Å². The van der Waals surface area contributed by atoms with Gasteiger partial charge in [-0.3, -0.25) is 14.9 Å². The second-order valence-electron chi connectivity index (χ2n) is 4.98. The van der Waals surface area contributed by atoms with Gasteiger partial charge in [-0.15, -0.1) is 0 Å². The number of rotatable bonds is 6. The van der Waals surface area contributed by atoms with E-state index in [0.29, 0.717) is 11.1 Å². The summed E-state index contributed by atoms with van der Waals surface area (Å²) in [6, 6.07) is 8.68. The Kier molecular flexibility index (Phi) is 6.18. The molecule has 2 rings (SSSR count). The molecule has 1 amide bonds. The van der Waals surface area contributed by atoms with Crippen molar-refractivity contribution in [1.29, 1.82) is 0 Å². The fourth-order valence-corrected chi connectivity index (χ4v) is 2.24. The van der Waals surface area contributed by atoms with Gasteiger partial charge in [0.25, 0.3) is 5.91 Å². The zero-order valence-electron chi connectivity index (χ0n) is 13.0. The van der Waals surface area contributed by atoms with Crippen molar-refractivity contribution in [1.82, 2.24) is 5.43 Å². The number of carbonyl (C=O) groups excluding carboxylic acids is 1. The molecule has 2 aromatic carbocycles. The zero-order valence-corrected chi connectivity index (χ0v) is 14.6. The normalized spacial score (nSPS) is 10.7. The van der Waals surface area contributed by atoms with Crippen LogP contribution in [0.4, 0.5) is 10.1 Å². The summed E-state index contributed by atoms with van der Waals surface area (Å²) in [7, 11) is 0. The highest BCUT2D eigenvalue weighted by molar-refractivity contribution is 9.10. The van der Waals surface area contributed by atoms with Crippen LogP contribution in [0.1, 0.15) is 11.1 Å². The number of amides is 1. The number of nitrogens with zero attached hydrogens (tertiary/aromatic N) is 2. The van der Waals surface area contributed by atoms with Gasteiger partial charge in [-0.1, -0.05) is 12.1 Å². The first-order valence-electron chi connectivity index (χ1n) is 7.01. The van der Waals surface area contributed by atoms with Crippen molar-refractivity contribution in [3.8, 4) is 5.75 Å². The summed E-state index contributed by atoms with van der Waals surface area (Å²) in [4.78, 5) is 22.1. The van der Waals surface area contributed by atoms with Crippen LogP contribution in [0.5, 0.6) is 5.75 Å². The van der Waals surface area contributed by atoms with Gasteiger partial charge in [0.2, 0.25) is 0 Å². The predicted octanol–water partition coefficient (Wildman–Crippen LogP) is 3.33. The van der Waals surface area contributed by atoms with E-state index < -0.39 is 23.3 Å². The Morgan fingerprint density at radius 1 is 1.40 bits per heavy atom. The summed E-state index contributed by atoms with van der Waals surface area (Å²) in [5, 5.41) is 14.7. The molecule has 130 valence electrons. The zero-order chi connectivity index (χ0) is 18.4. The van der Waals surface area contributed by atoms with E-state index in [2.05, 4.69) is 26.5 Å². The second-order valence-corrected chi connectivity index (χ2v) is 5.84. The van der Waals surface area contributed by atoms with Crippen LogP contribution in [0.2, 0.25) is 0 Å². The maximum atomic E-state index is 13.1. The number of nitro benzene ring substituents is 1. The standard InChI is InChI=1S/C16H13BrFN3O4/c1-10-2-5-15(14(6-10)21(23)24)25-9-16(22)20-19-8-11-3-4-13(18)12(17)7-11/h2-8H,9H2,1H3,(H,20,22)/b19-8+. The van der Waals surface area contributed by atoms with Crippen LogP contribution in [0.15, 0.2) is 46.0 Å². The summed E-state index contributed by atoms with van der Waals surface area (Å²) < 4.78 is 18.5. The second kappa shape index (κ2) is 8.34. The minimum atomic E-state index is -0.590. The highest BCUT2D eigenvalue weighted by Crippen LogP contribution is 2.27. The van der Waals surface area contributed by atoms with Gasteiger partial charge in [-0.2, -0.15) is 5.10 Å². The van der Waals surface area contributed by atoms with Gasteiger partial charge in [0.15, 0.2) is 12.4 Å². The van der Waals surface area contributed by atoms with E-state index in [4.69, 9.17) is 4.74 Å². The third-order valence-electron chi connectivity index (χ3n) is 3.02. The SMILES string of the molecule is Cc1ccc(OCC(=O)N/N=C/c2ccc(F)c(Br)c2)c([N+](=O)[O-])c1. The molecule has 0 fully saturated rings. The highest BCUT2D eigenvalue weighted by atomic mass is 79.9. The topological polar surface area (TPSA) is 93.8 Å². The van der Waals surface area contributed by atoms with Gasteiger partial charge in [0.1, 0.15) is 5.82 Å². The van der Waals surface area contributed by atoms with Crippen LogP contribution in [0.3, 0.4) is 0 Å². The largest absolute Gasteiger partial charge is 0.477 e. The number of aryl methyl sites for hydroxylation is 1. The number of carbonyl (C=O) groups is 1. The average molecular weight is 410 g/mol. The lowest BCUT2D eigenvalue weighted by Gasteiger charge is -2.06. The molecule has 2 aromatic rings. The molecule has 0 saturated heterocycles. The number of ether oxygens (including phenoxy) is 1. The smallest absolute Gasteiger partial charge is 0.311 e. The molecule has 0 aliphatic heterocycles. The van der Waals surface area contributed by atoms with Crippen LogP contribution in [-0.2, 0) is 4.79 Å². The van der Waals surface area contributed by atoms with E-state index in [1.807, 2.05) is 0 Å². The molecule has 0 heterocycles. The molecular weight excluding hydrogens is 397 g/mol. The van der Waals surface area contributed by atoms with Gasteiger partial charge >= 0.3 is 5.69 Å². The van der Waals surface area contributed by atoms with Crippen LogP contribution in [0.25, 0.3) is 0 Å². The third-order valence-corrected chi connectivity index (χ3v) is 3.62. The van der Waals surface area contributed by atoms with Crippen LogP contribution in [0, 0.1) is 22.9 Å². The van der Waals surface area contributed by atoms with Gasteiger partial charge < -0.3 is 4.74 Å². The summed E-state index contributed by atoms with van der Waals surface area (Å²) >= 11 is 3.04. The van der Waals surface area contributed by atoms with E-state index in [0.717, 1.165) is 0 Å². The highest BCUT2D eigenvalue weighted by Gasteiger charge is 2.16. The lowest BCUT2D eigenvalue weighted by atomic mass is 10.2. The molecule has 9 heteroatoms. The fraction of sp³-hybridized carbons (Fsp3) is 0.125. The van der Waals surface area contributed by atoms with E-state index in [9.17, 15) is 19.3 Å². The molecule has 0 spiro atoms. The maximum Gasteiger partial charge on any atom is 0.311 e. The Bertz CT molecular complexity index is 842. The molecule has 0 atom stereocenters. The first-order valence-corrected chi connectivity index (χ1v) is 7.81. The van der Waals surface area contributed by atoms with Crippen molar-refractivity contribution in [2.45, 2.75) is 6.92 Å². The Morgan fingerprint density at radius 3 is 2.84 bits per heavy atom. The number of hydrogen-bond acceptors (Lipinski definition) is 5. The molecule has 1 N–H and O–H groups in total. The Hall–Kier alpha value is -2.81. The summed E-state index contributed by atoms with van der Waals surface area (Å²) in [6.45, 7) is 1.28. The Morgan fingerprint density at radius 2 is 2.16 bits per heavy atom. The average Bonchev–Trinajstić information content (AvgIpc) is 2.56. The lowest BCUT2D eigenvalue weighted by molar-refractivity contribution is -0.385. The number of hydrogen-bond donors (Lipinski definition) is 1. The summed E-state index contributed by atoms with van der Waals surface area (Å²) in [5.41, 5.74) is 3.29. The first kappa shape index (κ1) is 18.5. The molecule has 0 aromatic heterocycles. The maximum absolute atomic E-state index is 13.1. The first-order chi connectivity index (χ1) is 11.9. The number of nitro groups is 1. The van der Waals surface area contributed by atoms with Crippen molar-refractivity contribution in [3.63, 3.8) is 0 Å². The van der Waals surface area contributed by atoms with E-state index in [1.165, 1.54) is 36.5 Å². The lowest BCUT2D eigenvalue weighted by Crippen LogP contribution is -2.24. The van der Waals surface area contributed by atoms with Gasteiger partial charge in [-0.05, 0) is 52.2 Å². The number of nitrogens with one attached hydrogen (secondary N) is 1. The molecule has 0 unspecified atom stereocenters. The molecule has 0 saturated carbocycles. The third kappa shape index (κ3) is 5.35. The monoisotopic (exact) mass is 409 g/mol. The molecular formula is C16H13BrFN3O4. The van der Waals surface area contributed by atoms with Crippen molar-refractivity contribution in [2.24, 2.45) is 5.10 Å². The van der Waals surface area contributed by atoms with Crippen LogP contribution < -0.4 is 10.2 Å². The molecule has 0 bridgehead atoms. The quantitative estimate of drug-likeness (QED) is 0.449. The number of halogens is 2. The van der Waals surface area contributed by atoms with E-state index in [-0.39, 0.29) is 15.9 Å². The van der Waals surface area contributed by atoms with Crippen molar-refractivity contribution in [2.75, 3.05) is 6.61 Å². The van der Waals surface area contributed by atoms with Crippen molar-refractivity contribution in [3.05, 3.63) is 67.9 Å². The van der Waals surface area contributed by atoms with Gasteiger partial charge in [-0.25, -0.2) is 9.82 Å². The number of hydrazone groups is 1. The Labute approximate surface area is 150 Å². The summed E-state index contributed by atoms with van der Waals surface area (Å²) in [5.74, 6) is -1.00. The molecule has 0 aliphatic carbocycles. The van der Waals surface area contributed by atoms with Gasteiger partial charge in [0, 0.05) is 6.07 Å². The minimum Gasteiger partial charge on any atom is -0.477 e. The molecule has 0 aliphatic rings. The van der Waals surface area contributed by atoms with Crippen LogP contribution in [-0.4, -0.2) is 23.7 Å². The van der Waals surface area contributed by atoms with Gasteiger partial charge in [0.05, 0.1) is 15.6 Å². The van der Waals surface area contributed by atoms with E-state index in [1.54, 1.807) is 13.0 Å². The predicted molar refractivity (Wildman–Crippen MR) is 93.2 cm³/mol.